The number of carbonyl (C=O) groups is 1. The molecule has 0 aliphatic heterocycles. The second kappa shape index (κ2) is 6.09. The van der Waals surface area contributed by atoms with Crippen LogP contribution in [-0.2, 0) is 11.2 Å². The molecule has 0 amide bonds. The Balaban J connectivity index is 1.67. The maximum atomic E-state index is 11.1. The zero-order valence-corrected chi connectivity index (χ0v) is 10.3. The molecule has 0 heterocycles. The van der Waals surface area contributed by atoms with E-state index >= 15 is 0 Å². The van der Waals surface area contributed by atoms with Gasteiger partial charge in [-0.3, -0.25) is 4.79 Å². The van der Waals surface area contributed by atoms with Crippen LogP contribution < -0.4 is 0 Å². The van der Waals surface area contributed by atoms with Crippen molar-refractivity contribution in [2.75, 3.05) is 5.75 Å². The molecule has 1 aromatic carbocycles. The van der Waals surface area contributed by atoms with Gasteiger partial charge in [0.25, 0.3) is 0 Å². The molecule has 0 spiro atoms. The summed E-state index contributed by atoms with van der Waals surface area (Å²) in [6.45, 7) is 0. The van der Waals surface area contributed by atoms with E-state index in [9.17, 15) is 4.79 Å². The molecule has 2 rings (SSSR count). The van der Waals surface area contributed by atoms with Gasteiger partial charge in [-0.05, 0) is 30.6 Å². The maximum Gasteiger partial charge on any atom is 0.132 e. The van der Waals surface area contributed by atoms with E-state index in [-0.39, 0.29) is 0 Å². The summed E-state index contributed by atoms with van der Waals surface area (Å²) in [4.78, 5) is 11.1. The van der Waals surface area contributed by atoms with Crippen molar-refractivity contribution in [1.82, 2.24) is 0 Å². The summed E-state index contributed by atoms with van der Waals surface area (Å²) in [7, 11) is 0. The lowest BCUT2D eigenvalue weighted by Crippen LogP contribution is -2.16. The molecular formula is C14H18OS. The van der Waals surface area contributed by atoms with Gasteiger partial charge >= 0.3 is 0 Å². The number of carbonyl (C=O) groups excluding carboxylic acids is 1. The Labute approximate surface area is 102 Å². The lowest BCUT2D eigenvalue weighted by atomic mass is 9.99. The monoisotopic (exact) mass is 234 g/mol. The number of rotatable bonds is 4. The quantitative estimate of drug-likeness (QED) is 0.793. The standard InChI is InChI=1S/C14H18OS/c15-13-6-8-14(9-7-13)16-11-10-12-4-2-1-3-5-12/h1-5,14H,6-11H2. The minimum atomic E-state index is 0.458. The van der Waals surface area contributed by atoms with Gasteiger partial charge in [-0.1, -0.05) is 30.3 Å². The Morgan fingerprint density at radius 3 is 2.50 bits per heavy atom. The van der Waals surface area contributed by atoms with E-state index in [0.717, 1.165) is 37.4 Å². The number of Topliss-reactive ketones (excluding diaryl/α,β-unsaturated/α-hetero) is 1. The molecule has 0 bridgehead atoms. The summed E-state index contributed by atoms with van der Waals surface area (Å²) in [6, 6.07) is 10.6. The average molecular weight is 234 g/mol. The smallest absolute Gasteiger partial charge is 0.132 e. The summed E-state index contributed by atoms with van der Waals surface area (Å²) < 4.78 is 0. The first kappa shape index (κ1) is 11.7. The van der Waals surface area contributed by atoms with Crippen LogP contribution in [0.5, 0.6) is 0 Å². The van der Waals surface area contributed by atoms with Gasteiger partial charge in [0.05, 0.1) is 0 Å². The highest BCUT2D eigenvalue weighted by molar-refractivity contribution is 7.99. The van der Waals surface area contributed by atoms with Gasteiger partial charge in [0.15, 0.2) is 0 Å². The van der Waals surface area contributed by atoms with Crippen molar-refractivity contribution in [2.45, 2.75) is 37.4 Å². The fourth-order valence-corrected chi connectivity index (χ4v) is 3.32. The Morgan fingerprint density at radius 1 is 1.12 bits per heavy atom. The maximum absolute atomic E-state index is 11.1. The van der Waals surface area contributed by atoms with Crippen LogP contribution in [0.15, 0.2) is 30.3 Å². The normalized spacial score (nSPS) is 17.6. The molecule has 0 saturated heterocycles. The Hall–Kier alpha value is -0.760. The van der Waals surface area contributed by atoms with Crippen molar-refractivity contribution in [3.8, 4) is 0 Å². The van der Waals surface area contributed by atoms with Crippen molar-refractivity contribution in [2.24, 2.45) is 0 Å². The van der Waals surface area contributed by atoms with Crippen LogP contribution in [-0.4, -0.2) is 16.8 Å². The fourth-order valence-electron chi connectivity index (χ4n) is 2.07. The number of aryl methyl sites for hydroxylation is 1. The van der Waals surface area contributed by atoms with E-state index in [1.165, 1.54) is 11.3 Å². The van der Waals surface area contributed by atoms with Gasteiger partial charge in [0.1, 0.15) is 5.78 Å². The van der Waals surface area contributed by atoms with E-state index < -0.39 is 0 Å². The Bertz CT molecular complexity index is 324. The van der Waals surface area contributed by atoms with Gasteiger partial charge in [-0.25, -0.2) is 0 Å². The lowest BCUT2D eigenvalue weighted by Gasteiger charge is -2.20. The van der Waals surface area contributed by atoms with E-state index in [1.54, 1.807) is 0 Å². The molecule has 0 atom stereocenters. The predicted octanol–water partition coefficient (Wildman–Crippen LogP) is 3.47. The summed E-state index contributed by atoms with van der Waals surface area (Å²) in [5.74, 6) is 1.64. The zero-order chi connectivity index (χ0) is 11.2. The van der Waals surface area contributed by atoms with Crippen LogP contribution in [0, 0.1) is 0 Å². The number of benzene rings is 1. The second-order valence-electron chi connectivity index (χ2n) is 4.34. The molecule has 1 aliphatic carbocycles. The number of thioether (sulfide) groups is 1. The van der Waals surface area contributed by atoms with Crippen molar-refractivity contribution in [3.05, 3.63) is 35.9 Å². The van der Waals surface area contributed by atoms with Crippen molar-refractivity contribution >= 4 is 17.5 Å². The van der Waals surface area contributed by atoms with Gasteiger partial charge in [-0.15, -0.1) is 0 Å². The molecule has 1 aromatic rings. The molecule has 0 unspecified atom stereocenters. The van der Waals surface area contributed by atoms with Crippen LogP contribution in [0.25, 0.3) is 0 Å². The van der Waals surface area contributed by atoms with Crippen molar-refractivity contribution < 1.29 is 4.79 Å². The molecule has 1 fully saturated rings. The van der Waals surface area contributed by atoms with E-state index in [2.05, 4.69) is 30.3 Å². The van der Waals surface area contributed by atoms with Gasteiger partial charge < -0.3 is 0 Å². The Kier molecular flexibility index (Phi) is 4.46. The van der Waals surface area contributed by atoms with E-state index in [0.29, 0.717) is 5.78 Å². The predicted molar refractivity (Wildman–Crippen MR) is 69.9 cm³/mol. The molecule has 0 N–H and O–H groups in total. The molecule has 1 nitrogen and oxygen atoms in total. The number of hydrogen-bond acceptors (Lipinski definition) is 2. The number of hydrogen-bond donors (Lipinski definition) is 0. The Morgan fingerprint density at radius 2 is 1.81 bits per heavy atom. The van der Waals surface area contributed by atoms with E-state index in [1.807, 2.05) is 11.8 Å². The first-order valence-electron chi connectivity index (χ1n) is 6.02. The summed E-state index contributed by atoms with van der Waals surface area (Å²) in [6.07, 6.45) is 4.96. The highest BCUT2D eigenvalue weighted by Crippen LogP contribution is 2.27. The largest absolute Gasteiger partial charge is 0.300 e. The minimum absolute atomic E-state index is 0.458. The first-order valence-corrected chi connectivity index (χ1v) is 7.07. The van der Waals surface area contributed by atoms with Crippen molar-refractivity contribution in [3.63, 3.8) is 0 Å². The lowest BCUT2D eigenvalue weighted by molar-refractivity contribution is -0.120. The van der Waals surface area contributed by atoms with Crippen molar-refractivity contribution in [1.29, 1.82) is 0 Å². The third-order valence-corrected chi connectivity index (χ3v) is 4.46. The third kappa shape index (κ3) is 3.67. The fraction of sp³-hybridized carbons (Fsp3) is 0.500. The third-order valence-electron chi connectivity index (χ3n) is 3.08. The van der Waals surface area contributed by atoms with Gasteiger partial charge in [0, 0.05) is 18.1 Å². The summed E-state index contributed by atoms with van der Waals surface area (Å²) in [5, 5.41) is 0.724. The topological polar surface area (TPSA) is 17.1 Å². The zero-order valence-electron chi connectivity index (χ0n) is 9.52. The summed E-state index contributed by atoms with van der Waals surface area (Å²) >= 11 is 2.04. The molecular weight excluding hydrogens is 216 g/mol. The molecule has 0 aromatic heterocycles. The molecule has 86 valence electrons. The van der Waals surface area contributed by atoms with Crippen LogP contribution >= 0.6 is 11.8 Å². The molecule has 16 heavy (non-hydrogen) atoms. The molecule has 1 saturated carbocycles. The van der Waals surface area contributed by atoms with Crippen LogP contribution in [0.2, 0.25) is 0 Å². The SMILES string of the molecule is O=C1CCC(SCCc2ccccc2)CC1. The highest BCUT2D eigenvalue weighted by atomic mass is 32.2. The minimum Gasteiger partial charge on any atom is -0.300 e. The molecule has 2 heteroatoms. The van der Waals surface area contributed by atoms with Crippen LogP contribution in [0.1, 0.15) is 31.2 Å². The van der Waals surface area contributed by atoms with Crippen LogP contribution in [0.3, 0.4) is 0 Å². The summed E-state index contributed by atoms with van der Waals surface area (Å²) in [5.41, 5.74) is 1.42. The van der Waals surface area contributed by atoms with Crippen LogP contribution in [0.4, 0.5) is 0 Å². The second-order valence-corrected chi connectivity index (χ2v) is 5.75. The van der Waals surface area contributed by atoms with Gasteiger partial charge in [0.2, 0.25) is 0 Å². The molecule has 1 aliphatic rings. The van der Waals surface area contributed by atoms with Gasteiger partial charge in [-0.2, -0.15) is 11.8 Å². The number of ketones is 1. The first-order chi connectivity index (χ1) is 7.84. The highest BCUT2D eigenvalue weighted by Gasteiger charge is 2.18. The average Bonchev–Trinajstić information content (AvgIpc) is 2.33. The van der Waals surface area contributed by atoms with E-state index in [4.69, 9.17) is 0 Å². The molecule has 0 radical (unpaired) electrons.